The Balaban J connectivity index is 1.82. The van der Waals surface area contributed by atoms with Crippen molar-refractivity contribution in [3.63, 3.8) is 0 Å². The zero-order chi connectivity index (χ0) is 9.97. The fourth-order valence-electron chi connectivity index (χ4n) is 1.39. The van der Waals surface area contributed by atoms with Crippen molar-refractivity contribution < 1.29 is 9.63 Å². The standard InChI is InChI=1S/C11H13NO2/c1-9-7-12(11(9)13)14-8-10-5-3-2-4-6-10/h2-6,9H,7-8H2,1H3. The average Bonchev–Trinajstić information content (AvgIpc) is 2.25. The number of hydrogen-bond acceptors (Lipinski definition) is 2. The summed E-state index contributed by atoms with van der Waals surface area (Å²) in [4.78, 5) is 16.5. The molecule has 2 rings (SSSR count). The number of β-lactam (4-membered cyclic amide) rings is 1. The van der Waals surface area contributed by atoms with Gasteiger partial charge in [-0.15, -0.1) is 0 Å². The lowest BCUT2D eigenvalue weighted by Crippen LogP contribution is -2.50. The van der Waals surface area contributed by atoms with Crippen molar-refractivity contribution in [2.24, 2.45) is 5.92 Å². The minimum Gasteiger partial charge on any atom is -0.272 e. The van der Waals surface area contributed by atoms with Crippen LogP contribution in [0.15, 0.2) is 30.3 Å². The molecule has 0 saturated carbocycles. The number of carbonyl (C=O) groups is 1. The third kappa shape index (κ3) is 1.77. The Kier molecular flexibility index (Phi) is 2.50. The van der Waals surface area contributed by atoms with Crippen molar-refractivity contribution >= 4 is 5.91 Å². The molecule has 0 spiro atoms. The number of rotatable bonds is 3. The molecule has 14 heavy (non-hydrogen) atoms. The Hall–Kier alpha value is -1.35. The Labute approximate surface area is 83.2 Å². The average molecular weight is 191 g/mol. The molecule has 1 aromatic carbocycles. The van der Waals surface area contributed by atoms with Crippen LogP contribution in [-0.2, 0) is 16.2 Å². The quantitative estimate of drug-likeness (QED) is 0.679. The maximum atomic E-state index is 11.2. The zero-order valence-electron chi connectivity index (χ0n) is 8.14. The minimum atomic E-state index is 0.0842. The predicted octanol–water partition coefficient (Wildman–Crippen LogP) is 1.60. The first kappa shape index (κ1) is 9.21. The highest BCUT2D eigenvalue weighted by molar-refractivity contribution is 5.82. The molecule has 3 nitrogen and oxygen atoms in total. The van der Waals surface area contributed by atoms with Gasteiger partial charge in [0.15, 0.2) is 0 Å². The highest BCUT2D eigenvalue weighted by Gasteiger charge is 2.33. The summed E-state index contributed by atoms with van der Waals surface area (Å²) < 4.78 is 0. The van der Waals surface area contributed by atoms with Crippen LogP contribution in [0.1, 0.15) is 12.5 Å². The van der Waals surface area contributed by atoms with Crippen molar-refractivity contribution in [1.82, 2.24) is 5.06 Å². The van der Waals surface area contributed by atoms with E-state index in [-0.39, 0.29) is 11.8 Å². The van der Waals surface area contributed by atoms with Crippen LogP contribution in [0.5, 0.6) is 0 Å². The van der Waals surface area contributed by atoms with Crippen molar-refractivity contribution in [3.8, 4) is 0 Å². The van der Waals surface area contributed by atoms with E-state index in [1.807, 2.05) is 37.3 Å². The van der Waals surface area contributed by atoms with Crippen LogP contribution < -0.4 is 0 Å². The van der Waals surface area contributed by atoms with E-state index in [1.54, 1.807) is 0 Å². The van der Waals surface area contributed by atoms with E-state index in [4.69, 9.17) is 4.84 Å². The van der Waals surface area contributed by atoms with E-state index >= 15 is 0 Å². The van der Waals surface area contributed by atoms with Gasteiger partial charge in [0, 0.05) is 0 Å². The van der Waals surface area contributed by atoms with Gasteiger partial charge < -0.3 is 0 Å². The normalized spacial score (nSPS) is 20.8. The van der Waals surface area contributed by atoms with Gasteiger partial charge in [0.2, 0.25) is 0 Å². The molecular formula is C11H13NO2. The second-order valence-corrected chi connectivity index (χ2v) is 3.56. The summed E-state index contributed by atoms with van der Waals surface area (Å²) in [6, 6.07) is 9.83. The summed E-state index contributed by atoms with van der Waals surface area (Å²) in [5.74, 6) is 0.215. The molecule has 74 valence electrons. The second-order valence-electron chi connectivity index (χ2n) is 3.56. The second kappa shape index (κ2) is 3.80. The van der Waals surface area contributed by atoms with Gasteiger partial charge in [-0.2, -0.15) is 0 Å². The third-order valence-electron chi connectivity index (χ3n) is 2.34. The molecule has 0 aromatic heterocycles. The van der Waals surface area contributed by atoms with Gasteiger partial charge in [-0.1, -0.05) is 37.3 Å². The minimum absolute atomic E-state index is 0.0842. The van der Waals surface area contributed by atoms with Crippen LogP contribution in [0.4, 0.5) is 0 Å². The van der Waals surface area contributed by atoms with Crippen LogP contribution in [0.25, 0.3) is 0 Å². The summed E-state index contributed by atoms with van der Waals surface area (Å²) in [5.41, 5.74) is 1.08. The van der Waals surface area contributed by atoms with Gasteiger partial charge in [-0.3, -0.25) is 9.63 Å². The lowest BCUT2D eigenvalue weighted by Gasteiger charge is -2.34. The number of hydrogen-bond donors (Lipinski definition) is 0. The molecule has 1 heterocycles. The first-order chi connectivity index (χ1) is 6.77. The van der Waals surface area contributed by atoms with Gasteiger partial charge in [-0.05, 0) is 5.56 Å². The molecule has 1 aromatic rings. The fraction of sp³-hybridized carbons (Fsp3) is 0.364. The smallest absolute Gasteiger partial charge is 0.250 e. The number of amides is 1. The van der Waals surface area contributed by atoms with Crippen molar-refractivity contribution in [3.05, 3.63) is 35.9 Å². The van der Waals surface area contributed by atoms with E-state index in [9.17, 15) is 4.79 Å². The van der Waals surface area contributed by atoms with Crippen molar-refractivity contribution in [1.29, 1.82) is 0 Å². The molecule has 1 saturated heterocycles. The van der Waals surface area contributed by atoms with Crippen LogP contribution in [-0.4, -0.2) is 17.5 Å². The maximum absolute atomic E-state index is 11.2. The Morgan fingerprint density at radius 3 is 2.71 bits per heavy atom. The Morgan fingerprint density at radius 1 is 1.43 bits per heavy atom. The molecule has 3 heteroatoms. The Bertz CT molecular complexity index is 323. The number of nitrogens with zero attached hydrogens (tertiary/aromatic N) is 1. The highest BCUT2D eigenvalue weighted by Crippen LogP contribution is 2.17. The van der Waals surface area contributed by atoms with Crippen LogP contribution in [0.2, 0.25) is 0 Å². The largest absolute Gasteiger partial charge is 0.272 e. The molecule has 1 aliphatic rings. The number of carbonyl (C=O) groups excluding carboxylic acids is 1. The predicted molar refractivity (Wildman–Crippen MR) is 52.1 cm³/mol. The molecule has 1 atom stereocenters. The highest BCUT2D eigenvalue weighted by atomic mass is 16.7. The van der Waals surface area contributed by atoms with E-state index in [2.05, 4.69) is 0 Å². The summed E-state index contributed by atoms with van der Waals surface area (Å²) in [7, 11) is 0. The van der Waals surface area contributed by atoms with Gasteiger partial charge in [-0.25, -0.2) is 5.06 Å². The first-order valence-electron chi connectivity index (χ1n) is 4.75. The van der Waals surface area contributed by atoms with Crippen LogP contribution in [0.3, 0.4) is 0 Å². The molecule has 0 radical (unpaired) electrons. The fourth-order valence-corrected chi connectivity index (χ4v) is 1.39. The summed E-state index contributed by atoms with van der Waals surface area (Å²) in [6.07, 6.45) is 0. The summed E-state index contributed by atoms with van der Waals surface area (Å²) in [6.45, 7) is 3.09. The SMILES string of the molecule is CC1CN(OCc2ccccc2)C1=O. The first-order valence-corrected chi connectivity index (χ1v) is 4.75. The Morgan fingerprint density at radius 2 is 2.14 bits per heavy atom. The van der Waals surface area contributed by atoms with E-state index in [0.29, 0.717) is 13.2 Å². The van der Waals surface area contributed by atoms with Gasteiger partial charge >= 0.3 is 0 Å². The lowest BCUT2D eigenvalue weighted by molar-refractivity contribution is -0.224. The van der Waals surface area contributed by atoms with Crippen molar-refractivity contribution in [2.45, 2.75) is 13.5 Å². The van der Waals surface area contributed by atoms with Gasteiger partial charge in [0.25, 0.3) is 5.91 Å². The maximum Gasteiger partial charge on any atom is 0.250 e. The molecule has 1 aliphatic heterocycles. The van der Waals surface area contributed by atoms with E-state index < -0.39 is 0 Å². The van der Waals surface area contributed by atoms with Crippen LogP contribution in [0, 0.1) is 5.92 Å². The van der Waals surface area contributed by atoms with E-state index in [0.717, 1.165) is 5.56 Å². The topological polar surface area (TPSA) is 29.5 Å². The summed E-state index contributed by atoms with van der Waals surface area (Å²) >= 11 is 0. The van der Waals surface area contributed by atoms with Crippen molar-refractivity contribution in [2.75, 3.05) is 6.54 Å². The molecule has 1 amide bonds. The number of benzene rings is 1. The van der Waals surface area contributed by atoms with Gasteiger partial charge in [0.1, 0.15) is 6.61 Å². The monoisotopic (exact) mass is 191 g/mol. The molecule has 1 unspecified atom stereocenters. The van der Waals surface area contributed by atoms with Gasteiger partial charge in [0.05, 0.1) is 12.5 Å². The molecular weight excluding hydrogens is 178 g/mol. The molecule has 0 N–H and O–H groups in total. The third-order valence-corrected chi connectivity index (χ3v) is 2.34. The summed E-state index contributed by atoms with van der Waals surface area (Å²) in [5, 5.41) is 1.43. The molecule has 0 aliphatic carbocycles. The lowest BCUT2D eigenvalue weighted by atomic mass is 10.1. The zero-order valence-corrected chi connectivity index (χ0v) is 8.14. The number of hydroxylamine groups is 2. The molecule has 0 bridgehead atoms. The van der Waals surface area contributed by atoms with E-state index in [1.165, 1.54) is 5.06 Å². The van der Waals surface area contributed by atoms with Crippen LogP contribution >= 0.6 is 0 Å². The molecule has 1 fully saturated rings.